The molecule has 0 atom stereocenters. The fourth-order valence-electron chi connectivity index (χ4n) is 1.81. The molecule has 2 aromatic rings. The summed E-state index contributed by atoms with van der Waals surface area (Å²) in [5.41, 5.74) is 6.77. The van der Waals surface area contributed by atoms with Crippen molar-refractivity contribution < 1.29 is 22.3 Å². The summed E-state index contributed by atoms with van der Waals surface area (Å²) in [6, 6.07) is 9.55. The molecule has 2 rings (SSSR count). The van der Waals surface area contributed by atoms with Gasteiger partial charge in [0, 0.05) is 6.54 Å². The SMILES string of the molecule is Cl.NCc1cc(OC(F)(F)F)cc(-c2cccc(F)c2)c1. The number of ether oxygens (including phenoxy) is 1. The molecule has 2 aromatic carbocycles. The average molecular weight is 322 g/mol. The second-order valence-corrected chi connectivity index (χ2v) is 4.13. The second kappa shape index (κ2) is 6.78. The van der Waals surface area contributed by atoms with E-state index in [1.54, 1.807) is 12.1 Å². The molecule has 0 saturated heterocycles. The van der Waals surface area contributed by atoms with E-state index >= 15 is 0 Å². The van der Waals surface area contributed by atoms with E-state index in [0.29, 0.717) is 16.7 Å². The lowest BCUT2D eigenvalue weighted by atomic mass is 10.0. The van der Waals surface area contributed by atoms with Gasteiger partial charge in [0.2, 0.25) is 0 Å². The van der Waals surface area contributed by atoms with Crippen molar-refractivity contribution in [2.45, 2.75) is 12.9 Å². The molecule has 21 heavy (non-hydrogen) atoms. The maximum absolute atomic E-state index is 13.2. The highest BCUT2D eigenvalue weighted by atomic mass is 35.5. The molecule has 0 saturated carbocycles. The molecule has 0 aliphatic rings. The van der Waals surface area contributed by atoms with E-state index in [9.17, 15) is 17.6 Å². The molecule has 2 nitrogen and oxygen atoms in total. The van der Waals surface area contributed by atoms with Crippen LogP contribution in [0.4, 0.5) is 17.6 Å². The molecule has 2 N–H and O–H groups in total. The molecule has 114 valence electrons. The number of nitrogens with two attached hydrogens (primary N) is 1. The van der Waals surface area contributed by atoms with Crippen LogP contribution in [-0.4, -0.2) is 6.36 Å². The van der Waals surface area contributed by atoms with Gasteiger partial charge < -0.3 is 10.5 Å². The molecule has 0 unspecified atom stereocenters. The summed E-state index contributed by atoms with van der Waals surface area (Å²) in [6.45, 7) is 0.0529. The number of rotatable bonds is 3. The maximum atomic E-state index is 13.2. The largest absolute Gasteiger partial charge is 0.573 e. The molecule has 0 aliphatic heterocycles. The summed E-state index contributed by atoms with van der Waals surface area (Å²) in [6.07, 6.45) is -4.79. The number of hydrogen-bond acceptors (Lipinski definition) is 2. The van der Waals surface area contributed by atoms with E-state index < -0.39 is 12.2 Å². The highest BCUT2D eigenvalue weighted by molar-refractivity contribution is 5.85. The average Bonchev–Trinajstić information content (AvgIpc) is 2.36. The van der Waals surface area contributed by atoms with Crippen LogP contribution in [0.1, 0.15) is 5.56 Å². The zero-order chi connectivity index (χ0) is 14.8. The first-order valence-electron chi connectivity index (χ1n) is 5.73. The Kier molecular flexibility index (Phi) is 5.57. The molecule has 0 bridgehead atoms. The first kappa shape index (κ1) is 17.3. The van der Waals surface area contributed by atoms with Gasteiger partial charge in [-0.25, -0.2) is 4.39 Å². The van der Waals surface area contributed by atoms with Crippen LogP contribution in [-0.2, 0) is 6.54 Å². The summed E-state index contributed by atoms with van der Waals surface area (Å²) in [7, 11) is 0. The van der Waals surface area contributed by atoms with Gasteiger partial charge in [-0.2, -0.15) is 0 Å². The third kappa shape index (κ3) is 4.91. The van der Waals surface area contributed by atoms with Crippen molar-refractivity contribution in [3.05, 3.63) is 53.8 Å². The first-order valence-corrected chi connectivity index (χ1v) is 5.73. The van der Waals surface area contributed by atoms with Crippen molar-refractivity contribution in [1.29, 1.82) is 0 Å². The third-order valence-electron chi connectivity index (χ3n) is 2.59. The Hall–Kier alpha value is -1.79. The molecular formula is C14H12ClF4NO. The van der Waals surface area contributed by atoms with Gasteiger partial charge in [0.25, 0.3) is 0 Å². The zero-order valence-corrected chi connectivity index (χ0v) is 11.5. The zero-order valence-electron chi connectivity index (χ0n) is 10.7. The van der Waals surface area contributed by atoms with Gasteiger partial charge in [0.1, 0.15) is 11.6 Å². The summed E-state index contributed by atoms with van der Waals surface area (Å²) in [5.74, 6) is -0.848. The number of hydrogen-bond donors (Lipinski definition) is 1. The molecule has 0 amide bonds. The number of alkyl halides is 3. The van der Waals surface area contributed by atoms with Gasteiger partial charge in [0.15, 0.2) is 0 Å². The molecule has 7 heteroatoms. The Bertz CT molecular complexity index is 616. The minimum Gasteiger partial charge on any atom is -0.406 e. The van der Waals surface area contributed by atoms with Crippen molar-refractivity contribution in [3.8, 4) is 16.9 Å². The van der Waals surface area contributed by atoms with E-state index in [0.717, 1.165) is 0 Å². The quantitative estimate of drug-likeness (QED) is 0.857. The highest BCUT2D eigenvalue weighted by Gasteiger charge is 2.31. The van der Waals surface area contributed by atoms with Crippen molar-refractivity contribution in [2.24, 2.45) is 5.73 Å². The highest BCUT2D eigenvalue weighted by Crippen LogP contribution is 2.30. The number of benzene rings is 2. The van der Waals surface area contributed by atoms with Crippen molar-refractivity contribution in [1.82, 2.24) is 0 Å². The van der Waals surface area contributed by atoms with Crippen molar-refractivity contribution in [3.63, 3.8) is 0 Å². The fraction of sp³-hybridized carbons (Fsp3) is 0.143. The normalized spacial score (nSPS) is 10.9. The van der Waals surface area contributed by atoms with Gasteiger partial charge in [-0.05, 0) is 47.0 Å². The summed E-state index contributed by atoms with van der Waals surface area (Å²) >= 11 is 0. The van der Waals surface area contributed by atoms with Crippen LogP contribution in [0, 0.1) is 5.82 Å². The molecule has 0 heterocycles. The van der Waals surface area contributed by atoms with Crippen LogP contribution in [0.15, 0.2) is 42.5 Å². The molecule has 0 aliphatic carbocycles. The van der Waals surface area contributed by atoms with Crippen molar-refractivity contribution in [2.75, 3.05) is 0 Å². The fourth-order valence-corrected chi connectivity index (χ4v) is 1.81. The predicted octanol–water partition coefficient (Wildman–Crippen LogP) is 4.27. The van der Waals surface area contributed by atoms with E-state index in [2.05, 4.69) is 4.74 Å². The maximum Gasteiger partial charge on any atom is 0.573 e. The van der Waals surface area contributed by atoms with Crippen LogP contribution >= 0.6 is 12.4 Å². The Morgan fingerprint density at radius 2 is 1.71 bits per heavy atom. The molecule has 0 spiro atoms. The first-order chi connectivity index (χ1) is 9.37. The van der Waals surface area contributed by atoms with E-state index in [1.165, 1.54) is 30.3 Å². The van der Waals surface area contributed by atoms with Crippen LogP contribution in [0.5, 0.6) is 5.75 Å². The Morgan fingerprint density at radius 3 is 2.29 bits per heavy atom. The smallest absolute Gasteiger partial charge is 0.406 e. The topological polar surface area (TPSA) is 35.2 Å². The minimum atomic E-state index is -4.79. The van der Waals surface area contributed by atoms with Gasteiger partial charge in [-0.3, -0.25) is 0 Å². The lowest BCUT2D eigenvalue weighted by molar-refractivity contribution is -0.274. The predicted molar refractivity (Wildman–Crippen MR) is 73.7 cm³/mol. The standard InChI is InChI=1S/C14H11F4NO.ClH/c15-12-3-1-2-10(6-12)11-4-9(8-19)5-13(7-11)20-14(16,17)18;/h1-7H,8,19H2;1H. The molecule has 0 aromatic heterocycles. The number of halogens is 5. The Balaban J connectivity index is 0.00000220. The lowest BCUT2D eigenvalue weighted by Crippen LogP contribution is -2.17. The minimum absolute atomic E-state index is 0. The second-order valence-electron chi connectivity index (χ2n) is 4.13. The Morgan fingerprint density at radius 1 is 1.00 bits per heavy atom. The van der Waals surface area contributed by atoms with E-state index in [1.807, 2.05) is 0 Å². The monoisotopic (exact) mass is 321 g/mol. The summed E-state index contributed by atoms with van der Waals surface area (Å²) in [4.78, 5) is 0. The van der Waals surface area contributed by atoms with Gasteiger partial charge in [-0.1, -0.05) is 12.1 Å². The van der Waals surface area contributed by atoms with Crippen LogP contribution in [0.25, 0.3) is 11.1 Å². The molecule has 0 radical (unpaired) electrons. The molecule has 0 fully saturated rings. The van der Waals surface area contributed by atoms with Gasteiger partial charge in [0.05, 0.1) is 0 Å². The van der Waals surface area contributed by atoms with Crippen LogP contribution < -0.4 is 10.5 Å². The summed E-state index contributed by atoms with van der Waals surface area (Å²) in [5, 5.41) is 0. The lowest BCUT2D eigenvalue weighted by Gasteiger charge is -2.12. The Labute approximate surface area is 124 Å². The van der Waals surface area contributed by atoms with Gasteiger partial charge >= 0.3 is 6.36 Å². The van der Waals surface area contributed by atoms with Crippen molar-refractivity contribution >= 4 is 12.4 Å². The van der Waals surface area contributed by atoms with E-state index in [-0.39, 0.29) is 24.7 Å². The van der Waals surface area contributed by atoms with Crippen LogP contribution in [0.2, 0.25) is 0 Å². The van der Waals surface area contributed by atoms with Crippen LogP contribution in [0.3, 0.4) is 0 Å². The van der Waals surface area contributed by atoms with E-state index in [4.69, 9.17) is 5.73 Å². The van der Waals surface area contributed by atoms with Gasteiger partial charge in [-0.15, -0.1) is 25.6 Å². The summed E-state index contributed by atoms with van der Waals surface area (Å²) < 4.78 is 53.8. The molecular weight excluding hydrogens is 310 g/mol. The third-order valence-corrected chi connectivity index (χ3v) is 2.59.